The van der Waals surface area contributed by atoms with Crippen LogP contribution in [0.1, 0.15) is 16.6 Å². The molecule has 0 saturated heterocycles. The van der Waals surface area contributed by atoms with Gasteiger partial charge in [0.15, 0.2) is 0 Å². The Kier molecular flexibility index (Phi) is 4.60. The van der Waals surface area contributed by atoms with Gasteiger partial charge in [0.1, 0.15) is 9.71 Å². The molecule has 2 aromatic carbocycles. The lowest BCUT2D eigenvalue weighted by molar-refractivity contribution is 0.0533. The number of fused-ring (bicyclic) bond motifs is 1. The van der Waals surface area contributed by atoms with E-state index in [1.165, 1.54) is 11.3 Å². The van der Waals surface area contributed by atoms with E-state index >= 15 is 0 Å². The fourth-order valence-corrected chi connectivity index (χ4v) is 4.37. The van der Waals surface area contributed by atoms with Crippen molar-refractivity contribution in [1.82, 2.24) is 4.57 Å². The number of esters is 1. The molecule has 2 aromatic heterocycles. The Bertz CT molecular complexity index is 1160. The number of hydrogen-bond donors (Lipinski definition) is 0. The van der Waals surface area contributed by atoms with Crippen LogP contribution in [0.5, 0.6) is 0 Å². The molecule has 0 amide bonds. The van der Waals surface area contributed by atoms with Crippen molar-refractivity contribution in [3.8, 4) is 16.8 Å². The van der Waals surface area contributed by atoms with Gasteiger partial charge in [-0.15, -0.1) is 11.3 Å². The first-order valence-electron chi connectivity index (χ1n) is 8.67. The second-order valence-electron chi connectivity index (χ2n) is 5.95. The van der Waals surface area contributed by atoms with Crippen LogP contribution >= 0.6 is 11.3 Å². The average molecular weight is 375 g/mol. The van der Waals surface area contributed by atoms with Gasteiger partial charge in [-0.25, -0.2) is 4.79 Å². The highest BCUT2D eigenvalue weighted by molar-refractivity contribution is 7.21. The minimum atomic E-state index is -0.371. The van der Waals surface area contributed by atoms with E-state index in [0.717, 1.165) is 27.0 Å². The Morgan fingerprint density at radius 3 is 2.30 bits per heavy atom. The largest absolute Gasteiger partial charge is 0.462 e. The number of nitrogens with zero attached hydrogens (tertiary/aromatic N) is 1. The van der Waals surface area contributed by atoms with Gasteiger partial charge in [0.25, 0.3) is 5.56 Å². The molecular weight excluding hydrogens is 358 g/mol. The first-order chi connectivity index (χ1) is 13.2. The van der Waals surface area contributed by atoms with Crippen LogP contribution in [0.3, 0.4) is 0 Å². The zero-order valence-electron chi connectivity index (χ0n) is 14.7. The Morgan fingerprint density at radius 1 is 0.963 bits per heavy atom. The van der Waals surface area contributed by atoms with Crippen LogP contribution < -0.4 is 5.56 Å². The van der Waals surface area contributed by atoms with E-state index in [9.17, 15) is 9.59 Å². The van der Waals surface area contributed by atoms with Crippen LogP contribution in [0.2, 0.25) is 0 Å². The fourth-order valence-electron chi connectivity index (χ4n) is 3.14. The molecule has 0 atom stereocenters. The molecule has 0 aliphatic heterocycles. The number of carbonyl (C=O) groups excluding carboxylic acids is 1. The van der Waals surface area contributed by atoms with Crippen LogP contribution in [-0.4, -0.2) is 17.1 Å². The third kappa shape index (κ3) is 3.06. The van der Waals surface area contributed by atoms with Gasteiger partial charge in [-0.3, -0.25) is 9.36 Å². The lowest BCUT2D eigenvalue weighted by Gasteiger charge is -2.07. The molecule has 0 saturated carbocycles. The van der Waals surface area contributed by atoms with Crippen molar-refractivity contribution < 1.29 is 9.53 Å². The average Bonchev–Trinajstić information content (AvgIpc) is 3.09. The summed E-state index contributed by atoms with van der Waals surface area (Å²) in [6.45, 7) is 2.08. The summed E-state index contributed by atoms with van der Waals surface area (Å²) in [7, 11) is 0. The number of ether oxygens (including phenoxy) is 1. The smallest absolute Gasteiger partial charge is 0.349 e. The predicted molar refractivity (Wildman–Crippen MR) is 109 cm³/mol. The lowest BCUT2D eigenvalue weighted by Crippen LogP contribution is -2.16. The highest BCUT2D eigenvalue weighted by atomic mass is 32.1. The summed E-state index contributed by atoms with van der Waals surface area (Å²) in [6.07, 6.45) is 0. The van der Waals surface area contributed by atoms with Gasteiger partial charge in [-0.1, -0.05) is 48.5 Å². The summed E-state index contributed by atoms with van der Waals surface area (Å²) in [5.41, 5.74) is 2.36. The van der Waals surface area contributed by atoms with Crippen LogP contribution in [-0.2, 0) is 4.74 Å². The van der Waals surface area contributed by atoms with Crippen molar-refractivity contribution in [1.29, 1.82) is 0 Å². The fraction of sp³-hybridized carbons (Fsp3) is 0.0909. The molecule has 0 spiro atoms. The number of pyridine rings is 1. The quantitative estimate of drug-likeness (QED) is 0.477. The van der Waals surface area contributed by atoms with Crippen molar-refractivity contribution in [2.24, 2.45) is 0 Å². The third-order valence-corrected chi connectivity index (χ3v) is 5.45. The predicted octanol–water partition coefficient (Wildman–Crippen LogP) is 4.90. The van der Waals surface area contributed by atoms with Gasteiger partial charge in [0, 0.05) is 17.0 Å². The Labute approximate surface area is 160 Å². The molecular formula is C22H17NO3S. The Hall–Kier alpha value is -3.18. The molecule has 0 fully saturated rings. The summed E-state index contributed by atoms with van der Waals surface area (Å²) in [5.74, 6) is -0.371. The molecule has 0 radical (unpaired) electrons. The van der Waals surface area contributed by atoms with Crippen molar-refractivity contribution in [2.45, 2.75) is 6.92 Å². The highest BCUT2D eigenvalue weighted by Gasteiger charge is 2.23. The summed E-state index contributed by atoms with van der Waals surface area (Å²) < 4.78 is 6.93. The standard InChI is InChI=1S/C22H17NO3S/c1-2-26-22(25)20-19(15-9-5-3-6-10-15)17-13-14-18(24)23(21(17)27-20)16-11-7-4-8-12-16/h3-14H,2H2,1H3. The molecule has 5 heteroatoms. The molecule has 4 aromatic rings. The monoisotopic (exact) mass is 375 g/mol. The van der Waals surface area contributed by atoms with E-state index in [-0.39, 0.29) is 11.5 Å². The number of rotatable bonds is 4. The number of carbonyl (C=O) groups is 1. The van der Waals surface area contributed by atoms with Crippen molar-refractivity contribution in [3.05, 3.63) is 88.0 Å². The number of benzene rings is 2. The molecule has 0 unspecified atom stereocenters. The first-order valence-corrected chi connectivity index (χ1v) is 9.49. The summed E-state index contributed by atoms with van der Waals surface area (Å²) in [5, 5.41) is 0.859. The molecule has 4 rings (SSSR count). The summed E-state index contributed by atoms with van der Waals surface area (Å²) in [4.78, 5) is 26.5. The van der Waals surface area contributed by atoms with E-state index in [0.29, 0.717) is 11.5 Å². The maximum Gasteiger partial charge on any atom is 0.349 e. The van der Waals surface area contributed by atoms with Crippen molar-refractivity contribution in [3.63, 3.8) is 0 Å². The van der Waals surface area contributed by atoms with Gasteiger partial charge < -0.3 is 4.74 Å². The second-order valence-corrected chi connectivity index (χ2v) is 6.95. The normalized spacial score (nSPS) is 10.9. The second kappa shape index (κ2) is 7.21. The van der Waals surface area contributed by atoms with Gasteiger partial charge >= 0.3 is 5.97 Å². The van der Waals surface area contributed by atoms with E-state index in [2.05, 4.69) is 0 Å². The minimum absolute atomic E-state index is 0.134. The van der Waals surface area contributed by atoms with Crippen LogP contribution in [0, 0.1) is 0 Å². The third-order valence-electron chi connectivity index (χ3n) is 4.28. The number of para-hydroxylation sites is 1. The topological polar surface area (TPSA) is 48.3 Å². The zero-order chi connectivity index (χ0) is 18.8. The van der Waals surface area contributed by atoms with Gasteiger partial charge in [0.05, 0.1) is 12.3 Å². The van der Waals surface area contributed by atoms with Crippen LogP contribution in [0.4, 0.5) is 0 Å². The molecule has 27 heavy (non-hydrogen) atoms. The van der Waals surface area contributed by atoms with Crippen LogP contribution in [0.15, 0.2) is 77.6 Å². The summed E-state index contributed by atoms with van der Waals surface area (Å²) in [6, 6.07) is 22.5. The molecule has 2 heterocycles. The van der Waals surface area contributed by atoms with Gasteiger partial charge in [-0.05, 0) is 30.7 Å². The van der Waals surface area contributed by atoms with E-state index in [1.807, 2.05) is 60.7 Å². The number of aromatic nitrogens is 1. The maximum absolute atomic E-state index is 12.6. The zero-order valence-corrected chi connectivity index (χ0v) is 15.5. The first kappa shape index (κ1) is 17.2. The number of hydrogen-bond acceptors (Lipinski definition) is 4. The van der Waals surface area contributed by atoms with E-state index in [4.69, 9.17) is 4.74 Å². The Balaban J connectivity index is 2.08. The molecule has 4 nitrogen and oxygen atoms in total. The van der Waals surface area contributed by atoms with Gasteiger partial charge in [-0.2, -0.15) is 0 Å². The molecule has 0 bridgehead atoms. The number of thiophene rings is 1. The SMILES string of the molecule is CCOC(=O)c1sc2c(ccc(=O)n2-c2ccccc2)c1-c1ccccc1. The van der Waals surface area contributed by atoms with E-state index in [1.54, 1.807) is 23.6 Å². The molecule has 0 aliphatic carbocycles. The molecule has 0 N–H and O–H groups in total. The maximum atomic E-state index is 12.6. The van der Waals surface area contributed by atoms with Crippen molar-refractivity contribution in [2.75, 3.05) is 6.61 Å². The van der Waals surface area contributed by atoms with Crippen LogP contribution in [0.25, 0.3) is 27.0 Å². The highest BCUT2D eigenvalue weighted by Crippen LogP contribution is 2.39. The molecule has 134 valence electrons. The van der Waals surface area contributed by atoms with Crippen molar-refractivity contribution >= 4 is 27.5 Å². The molecule has 0 aliphatic rings. The lowest BCUT2D eigenvalue weighted by atomic mass is 10.0. The van der Waals surface area contributed by atoms with E-state index < -0.39 is 0 Å². The van der Waals surface area contributed by atoms with Gasteiger partial charge in [0.2, 0.25) is 0 Å². The summed E-state index contributed by atoms with van der Waals surface area (Å²) >= 11 is 1.29. The minimum Gasteiger partial charge on any atom is -0.462 e. The Morgan fingerprint density at radius 2 is 1.63 bits per heavy atom.